The first-order chi connectivity index (χ1) is 8.93. The molecule has 0 aromatic rings. The first-order valence-corrected chi connectivity index (χ1v) is 8.30. The fourth-order valence-electron chi connectivity index (χ4n) is 4.88. The molecule has 3 aliphatic rings. The molecule has 19 heavy (non-hydrogen) atoms. The van der Waals surface area contributed by atoms with Crippen LogP contribution in [0.15, 0.2) is 0 Å². The molecule has 1 saturated heterocycles. The summed E-state index contributed by atoms with van der Waals surface area (Å²) in [7, 11) is 0. The molecule has 0 aromatic heterocycles. The van der Waals surface area contributed by atoms with Crippen LogP contribution in [-0.4, -0.2) is 24.8 Å². The summed E-state index contributed by atoms with van der Waals surface area (Å²) < 4.78 is 6.02. The van der Waals surface area contributed by atoms with Crippen molar-refractivity contribution in [3.63, 3.8) is 0 Å². The maximum absolute atomic E-state index is 6.02. The molecule has 2 nitrogen and oxygen atoms in total. The van der Waals surface area contributed by atoms with Gasteiger partial charge in [-0.2, -0.15) is 0 Å². The average Bonchev–Trinajstić information content (AvgIpc) is 2.37. The summed E-state index contributed by atoms with van der Waals surface area (Å²) in [5.41, 5.74) is 0.785. The summed E-state index contributed by atoms with van der Waals surface area (Å²) in [6, 6.07) is 1.37. The lowest BCUT2D eigenvalue weighted by Gasteiger charge is -2.62. The molecule has 3 fully saturated rings. The Bertz CT molecular complexity index is 336. The van der Waals surface area contributed by atoms with Crippen LogP contribution in [0.2, 0.25) is 0 Å². The van der Waals surface area contributed by atoms with Crippen molar-refractivity contribution in [1.29, 1.82) is 0 Å². The highest BCUT2D eigenvalue weighted by Gasteiger charge is 2.58. The van der Waals surface area contributed by atoms with Crippen molar-refractivity contribution in [1.82, 2.24) is 5.32 Å². The van der Waals surface area contributed by atoms with E-state index >= 15 is 0 Å². The van der Waals surface area contributed by atoms with Crippen LogP contribution in [-0.2, 0) is 4.74 Å². The van der Waals surface area contributed by atoms with Gasteiger partial charge in [-0.05, 0) is 31.1 Å². The van der Waals surface area contributed by atoms with Gasteiger partial charge in [-0.25, -0.2) is 0 Å². The molecule has 1 N–H and O–H groups in total. The van der Waals surface area contributed by atoms with E-state index in [0.717, 1.165) is 12.5 Å². The van der Waals surface area contributed by atoms with Gasteiger partial charge in [0.2, 0.25) is 0 Å². The van der Waals surface area contributed by atoms with Crippen molar-refractivity contribution in [3.8, 4) is 0 Å². The Morgan fingerprint density at radius 3 is 2.53 bits per heavy atom. The second-order valence-corrected chi connectivity index (χ2v) is 8.35. The number of nitrogens with one attached hydrogen (secondary N) is 1. The number of ether oxygens (including phenoxy) is 1. The van der Waals surface area contributed by atoms with Crippen LogP contribution in [0, 0.1) is 16.7 Å². The third kappa shape index (κ3) is 2.25. The molecule has 4 unspecified atom stereocenters. The standard InChI is InChI=1S/C17H31NO/c1-16(2)10-6-5-9-13(16)18-14-12-8-7-11-19-15(12)17(14,3)4/h12-15,18H,5-11H2,1-4H3. The van der Waals surface area contributed by atoms with Gasteiger partial charge in [-0.15, -0.1) is 0 Å². The SMILES string of the molecule is CC1(C)CCCCC1NC1C2CCCOC2C1(C)C. The van der Waals surface area contributed by atoms with Crippen LogP contribution in [0.1, 0.15) is 66.2 Å². The quantitative estimate of drug-likeness (QED) is 0.821. The fraction of sp³-hybridized carbons (Fsp3) is 1.00. The normalized spacial score (nSPS) is 44.2. The van der Waals surface area contributed by atoms with Crippen LogP contribution in [0.25, 0.3) is 0 Å². The van der Waals surface area contributed by atoms with Gasteiger partial charge in [0.1, 0.15) is 0 Å². The molecule has 3 rings (SSSR count). The van der Waals surface area contributed by atoms with Crippen molar-refractivity contribution < 1.29 is 4.74 Å². The van der Waals surface area contributed by atoms with Gasteiger partial charge in [0.15, 0.2) is 0 Å². The van der Waals surface area contributed by atoms with Crippen molar-refractivity contribution in [3.05, 3.63) is 0 Å². The molecule has 4 atom stereocenters. The van der Waals surface area contributed by atoms with E-state index < -0.39 is 0 Å². The third-order valence-corrected chi connectivity index (χ3v) is 6.22. The largest absolute Gasteiger partial charge is 0.377 e. The summed E-state index contributed by atoms with van der Waals surface area (Å²) in [6.45, 7) is 10.7. The smallest absolute Gasteiger partial charge is 0.0684 e. The second kappa shape index (κ2) is 4.73. The van der Waals surface area contributed by atoms with Crippen molar-refractivity contribution in [2.24, 2.45) is 16.7 Å². The average molecular weight is 265 g/mol. The molecule has 0 aromatic carbocycles. The highest BCUT2D eigenvalue weighted by molar-refractivity contribution is 5.11. The van der Waals surface area contributed by atoms with Crippen molar-refractivity contribution >= 4 is 0 Å². The van der Waals surface area contributed by atoms with Crippen LogP contribution in [0.4, 0.5) is 0 Å². The van der Waals surface area contributed by atoms with Crippen molar-refractivity contribution in [2.75, 3.05) is 6.61 Å². The van der Waals surface area contributed by atoms with E-state index in [9.17, 15) is 0 Å². The summed E-state index contributed by atoms with van der Waals surface area (Å²) in [4.78, 5) is 0. The number of hydrogen-bond acceptors (Lipinski definition) is 2. The zero-order valence-corrected chi connectivity index (χ0v) is 13.2. The molecule has 0 amide bonds. The number of rotatable bonds is 2. The first-order valence-electron chi connectivity index (χ1n) is 8.30. The molecule has 2 heteroatoms. The van der Waals surface area contributed by atoms with E-state index in [-0.39, 0.29) is 0 Å². The van der Waals surface area contributed by atoms with Gasteiger partial charge >= 0.3 is 0 Å². The zero-order valence-electron chi connectivity index (χ0n) is 13.2. The Kier molecular flexibility index (Phi) is 3.46. The van der Waals surface area contributed by atoms with Gasteiger partial charge in [0.05, 0.1) is 6.10 Å². The maximum atomic E-state index is 6.02. The summed E-state index contributed by atoms with van der Waals surface area (Å²) >= 11 is 0. The van der Waals surface area contributed by atoms with E-state index in [0.29, 0.717) is 29.0 Å². The topological polar surface area (TPSA) is 21.3 Å². The lowest BCUT2D eigenvalue weighted by molar-refractivity contribution is -0.197. The highest BCUT2D eigenvalue weighted by Crippen LogP contribution is 2.52. The Balaban J connectivity index is 1.69. The Morgan fingerprint density at radius 1 is 1.00 bits per heavy atom. The first kappa shape index (κ1) is 13.9. The van der Waals surface area contributed by atoms with E-state index in [4.69, 9.17) is 4.74 Å². The molecular formula is C17H31NO. The minimum atomic E-state index is 0.318. The molecule has 1 heterocycles. The number of hydrogen-bond donors (Lipinski definition) is 1. The lowest BCUT2D eigenvalue weighted by Crippen LogP contribution is -2.71. The highest BCUT2D eigenvalue weighted by atomic mass is 16.5. The van der Waals surface area contributed by atoms with Crippen LogP contribution in [0.3, 0.4) is 0 Å². The molecule has 0 radical (unpaired) electrons. The van der Waals surface area contributed by atoms with Gasteiger partial charge < -0.3 is 10.1 Å². The van der Waals surface area contributed by atoms with E-state index in [2.05, 4.69) is 33.0 Å². The monoisotopic (exact) mass is 265 g/mol. The lowest BCUT2D eigenvalue weighted by atomic mass is 9.54. The van der Waals surface area contributed by atoms with E-state index in [1.165, 1.54) is 38.5 Å². The van der Waals surface area contributed by atoms with Gasteiger partial charge in [-0.1, -0.05) is 40.5 Å². The van der Waals surface area contributed by atoms with Gasteiger partial charge in [0.25, 0.3) is 0 Å². The van der Waals surface area contributed by atoms with Gasteiger partial charge in [0, 0.05) is 30.0 Å². The van der Waals surface area contributed by atoms with Crippen LogP contribution in [0.5, 0.6) is 0 Å². The molecule has 0 spiro atoms. The van der Waals surface area contributed by atoms with Crippen molar-refractivity contribution in [2.45, 2.75) is 84.4 Å². The predicted molar refractivity (Wildman–Crippen MR) is 79.2 cm³/mol. The molecule has 1 aliphatic heterocycles. The van der Waals surface area contributed by atoms with Crippen LogP contribution >= 0.6 is 0 Å². The predicted octanol–water partition coefficient (Wildman–Crippen LogP) is 3.75. The van der Waals surface area contributed by atoms with Crippen LogP contribution < -0.4 is 5.32 Å². The van der Waals surface area contributed by atoms with E-state index in [1.54, 1.807) is 0 Å². The fourth-order valence-corrected chi connectivity index (χ4v) is 4.88. The molecular weight excluding hydrogens is 234 g/mol. The number of fused-ring (bicyclic) bond motifs is 1. The Labute approximate surface area is 118 Å². The molecule has 2 aliphatic carbocycles. The minimum Gasteiger partial charge on any atom is -0.377 e. The Hall–Kier alpha value is -0.0800. The summed E-state index contributed by atoms with van der Waals surface area (Å²) in [5, 5.41) is 4.06. The van der Waals surface area contributed by atoms with Gasteiger partial charge in [-0.3, -0.25) is 0 Å². The maximum Gasteiger partial charge on any atom is 0.0684 e. The van der Waals surface area contributed by atoms with E-state index in [1.807, 2.05) is 0 Å². The molecule has 0 bridgehead atoms. The molecule has 2 saturated carbocycles. The summed E-state index contributed by atoms with van der Waals surface area (Å²) in [5.74, 6) is 0.765. The summed E-state index contributed by atoms with van der Waals surface area (Å²) in [6.07, 6.45) is 8.67. The second-order valence-electron chi connectivity index (χ2n) is 8.35. The Morgan fingerprint density at radius 2 is 1.79 bits per heavy atom. The molecule has 110 valence electrons. The minimum absolute atomic E-state index is 0.318. The third-order valence-electron chi connectivity index (χ3n) is 6.22. The zero-order chi connectivity index (χ0) is 13.7.